The van der Waals surface area contributed by atoms with Crippen LogP contribution in [-0.4, -0.2) is 42.1 Å². The molecule has 2 amide bonds. The van der Waals surface area contributed by atoms with Gasteiger partial charge in [-0.1, -0.05) is 19.4 Å². The summed E-state index contributed by atoms with van der Waals surface area (Å²) in [6.07, 6.45) is 1.52. The first-order chi connectivity index (χ1) is 15.2. The number of hydrogen-bond acceptors (Lipinski definition) is 6. The average molecular weight is 444 g/mol. The van der Waals surface area contributed by atoms with Gasteiger partial charge in [0.15, 0.2) is 5.69 Å². The van der Waals surface area contributed by atoms with E-state index in [1.54, 1.807) is 6.07 Å². The molecule has 1 aliphatic rings. The molecule has 3 N–H and O–H groups in total. The van der Waals surface area contributed by atoms with E-state index in [9.17, 15) is 19.2 Å². The van der Waals surface area contributed by atoms with Crippen molar-refractivity contribution in [3.05, 3.63) is 44.6 Å². The monoisotopic (exact) mass is 443 g/mol. The smallest absolute Gasteiger partial charge is 0.330 e. The summed E-state index contributed by atoms with van der Waals surface area (Å²) in [4.78, 5) is 55.5. The molecule has 2 heterocycles. The third kappa shape index (κ3) is 4.25. The number of carbonyl (C=O) groups excluding carboxylic acids is 2. The molecule has 0 radical (unpaired) electrons. The van der Waals surface area contributed by atoms with Crippen molar-refractivity contribution >= 4 is 29.0 Å². The van der Waals surface area contributed by atoms with Crippen LogP contribution in [0.1, 0.15) is 31.7 Å². The highest BCUT2D eigenvalue weighted by Crippen LogP contribution is 2.34. The molecule has 1 aliphatic heterocycles. The number of unbranched alkanes of at least 4 members (excludes halogenated alkanes) is 1. The van der Waals surface area contributed by atoms with Crippen molar-refractivity contribution in [3.63, 3.8) is 0 Å². The van der Waals surface area contributed by atoms with Gasteiger partial charge < -0.3 is 20.3 Å². The third-order valence-corrected chi connectivity index (χ3v) is 5.71. The van der Waals surface area contributed by atoms with Gasteiger partial charge in [-0.2, -0.15) is 0 Å². The first kappa shape index (κ1) is 23.1. The lowest BCUT2D eigenvalue weighted by atomic mass is 10.1. The van der Waals surface area contributed by atoms with Gasteiger partial charge in [-0.3, -0.25) is 23.9 Å². The Morgan fingerprint density at radius 1 is 1.31 bits per heavy atom. The van der Waals surface area contributed by atoms with E-state index >= 15 is 0 Å². The van der Waals surface area contributed by atoms with Crippen LogP contribution in [0.3, 0.4) is 0 Å². The van der Waals surface area contributed by atoms with E-state index in [-0.39, 0.29) is 30.4 Å². The summed E-state index contributed by atoms with van der Waals surface area (Å²) in [6, 6.07) is 5.49. The summed E-state index contributed by atoms with van der Waals surface area (Å²) in [5.74, 6) is -0.841. The summed E-state index contributed by atoms with van der Waals surface area (Å²) in [6.45, 7) is 4.35. The first-order valence-electron chi connectivity index (χ1n) is 10.5. The maximum atomic E-state index is 13.2. The largest absolute Gasteiger partial charge is 0.495 e. The SMILES string of the molecule is CCCCn1c(N)c(N(C)C(=O)[C@@H]2CC(=O)N(c3cc(C)ccc3OC)C2)c(=O)[nH]c1=O. The summed E-state index contributed by atoms with van der Waals surface area (Å²) < 4.78 is 6.64. The molecule has 10 nitrogen and oxygen atoms in total. The van der Waals surface area contributed by atoms with E-state index < -0.39 is 23.1 Å². The van der Waals surface area contributed by atoms with Crippen LogP contribution < -0.4 is 31.5 Å². The van der Waals surface area contributed by atoms with Gasteiger partial charge in [-0.15, -0.1) is 0 Å². The maximum Gasteiger partial charge on any atom is 0.330 e. The molecule has 0 bridgehead atoms. The van der Waals surface area contributed by atoms with E-state index in [0.717, 1.165) is 16.9 Å². The number of H-pyrrole nitrogens is 1. The molecule has 32 heavy (non-hydrogen) atoms. The number of aryl methyl sites for hydroxylation is 1. The second-order valence-electron chi connectivity index (χ2n) is 7.98. The predicted molar refractivity (Wildman–Crippen MR) is 122 cm³/mol. The van der Waals surface area contributed by atoms with Crippen molar-refractivity contribution in [2.75, 3.05) is 36.2 Å². The number of rotatable bonds is 7. The van der Waals surface area contributed by atoms with Crippen molar-refractivity contribution in [2.45, 2.75) is 39.7 Å². The molecular weight excluding hydrogens is 414 g/mol. The number of aromatic amines is 1. The van der Waals surface area contributed by atoms with Crippen LogP contribution in [0.15, 0.2) is 27.8 Å². The van der Waals surface area contributed by atoms with Crippen LogP contribution in [0.25, 0.3) is 0 Å². The number of nitrogen functional groups attached to an aromatic ring is 1. The molecule has 172 valence electrons. The molecule has 3 rings (SSSR count). The highest BCUT2D eigenvalue weighted by atomic mass is 16.5. The Kier molecular flexibility index (Phi) is 6.71. The molecule has 0 saturated carbocycles. The van der Waals surface area contributed by atoms with E-state index in [0.29, 0.717) is 24.4 Å². The number of nitrogens with two attached hydrogens (primary N) is 1. The molecule has 2 aromatic rings. The number of nitrogens with zero attached hydrogens (tertiary/aromatic N) is 3. The number of aromatic nitrogens is 2. The molecule has 1 aromatic heterocycles. The van der Waals surface area contributed by atoms with Gasteiger partial charge in [-0.05, 0) is 31.0 Å². The summed E-state index contributed by atoms with van der Waals surface area (Å²) in [5.41, 5.74) is 6.23. The number of anilines is 3. The number of carbonyl (C=O) groups is 2. The Morgan fingerprint density at radius 3 is 2.69 bits per heavy atom. The van der Waals surface area contributed by atoms with Gasteiger partial charge in [0.25, 0.3) is 5.56 Å². The zero-order chi connectivity index (χ0) is 23.6. The second kappa shape index (κ2) is 9.29. The lowest BCUT2D eigenvalue weighted by Gasteiger charge is -2.23. The maximum absolute atomic E-state index is 13.2. The van der Waals surface area contributed by atoms with E-state index in [1.165, 1.54) is 23.6 Å². The topological polar surface area (TPSA) is 131 Å². The van der Waals surface area contributed by atoms with Crippen molar-refractivity contribution in [3.8, 4) is 5.75 Å². The van der Waals surface area contributed by atoms with Gasteiger partial charge in [-0.25, -0.2) is 4.79 Å². The average Bonchev–Trinajstić information content (AvgIpc) is 3.14. The van der Waals surface area contributed by atoms with Crippen LogP contribution in [-0.2, 0) is 16.1 Å². The molecule has 10 heteroatoms. The van der Waals surface area contributed by atoms with E-state index in [4.69, 9.17) is 10.5 Å². The minimum atomic E-state index is -0.738. The van der Waals surface area contributed by atoms with Crippen molar-refractivity contribution in [2.24, 2.45) is 5.92 Å². The Balaban J connectivity index is 1.89. The Hall–Kier alpha value is -3.56. The molecule has 0 aliphatic carbocycles. The zero-order valence-corrected chi connectivity index (χ0v) is 18.8. The fourth-order valence-corrected chi connectivity index (χ4v) is 3.94. The lowest BCUT2D eigenvalue weighted by Crippen LogP contribution is -2.42. The van der Waals surface area contributed by atoms with Crippen molar-refractivity contribution in [1.29, 1.82) is 0 Å². The quantitative estimate of drug-likeness (QED) is 0.662. The predicted octanol–water partition coefficient (Wildman–Crippen LogP) is 1.25. The van der Waals surface area contributed by atoms with E-state index in [2.05, 4.69) is 4.98 Å². The number of hydrogen-bond donors (Lipinski definition) is 2. The molecule has 0 spiro atoms. The lowest BCUT2D eigenvalue weighted by molar-refractivity contribution is -0.124. The highest BCUT2D eigenvalue weighted by Gasteiger charge is 2.38. The summed E-state index contributed by atoms with van der Waals surface area (Å²) in [5, 5.41) is 0. The van der Waals surface area contributed by atoms with Crippen LogP contribution in [0.5, 0.6) is 5.75 Å². The summed E-state index contributed by atoms with van der Waals surface area (Å²) >= 11 is 0. The second-order valence-corrected chi connectivity index (χ2v) is 7.98. The van der Waals surface area contributed by atoms with Crippen LogP contribution >= 0.6 is 0 Å². The third-order valence-electron chi connectivity index (χ3n) is 5.71. The van der Waals surface area contributed by atoms with E-state index in [1.807, 2.05) is 26.0 Å². The normalized spacial score (nSPS) is 15.8. The highest BCUT2D eigenvalue weighted by molar-refractivity contribution is 6.05. The van der Waals surface area contributed by atoms with Crippen LogP contribution in [0, 0.1) is 12.8 Å². The number of nitrogens with one attached hydrogen (secondary N) is 1. The fraction of sp³-hybridized carbons (Fsp3) is 0.455. The Bertz CT molecular complexity index is 1150. The molecule has 1 fully saturated rings. The Morgan fingerprint density at radius 2 is 2.03 bits per heavy atom. The van der Waals surface area contributed by atoms with Crippen LogP contribution in [0.4, 0.5) is 17.2 Å². The van der Waals surface area contributed by atoms with Crippen molar-refractivity contribution in [1.82, 2.24) is 9.55 Å². The zero-order valence-electron chi connectivity index (χ0n) is 18.8. The van der Waals surface area contributed by atoms with Gasteiger partial charge in [0.1, 0.15) is 11.6 Å². The number of benzene rings is 1. The van der Waals surface area contributed by atoms with Gasteiger partial charge >= 0.3 is 5.69 Å². The minimum Gasteiger partial charge on any atom is -0.495 e. The minimum absolute atomic E-state index is 0.00640. The van der Waals surface area contributed by atoms with Crippen LogP contribution in [0.2, 0.25) is 0 Å². The van der Waals surface area contributed by atoms with Gasteiger partial charge in [0.05, 0.1) is 18.7 Å². The van der Waals surface area contributed by atoms with Crippen molar-refractivity contribution < 1.29 is 14.3 Å². The molecule has 1 aromatic carbocycles. The summed E-state index contributed by atoms with van der Waals surface area (Å²) in [7, 11) is 2.95. The molecule has 1 atom stereocenters. The number of amides is 2. The first-order valence-corrected chi connectivity index (χ1v) is 10.5. The van der Waals surface area contributed by atoms with Gasteiger partial charge in [0.2, 0.25) is 11.8 Å². The molecule has 1 saturated heterocycles. The number of ether oxygens (including phenoxy) is 1. The molecular formula is C22H29N5O5. The Labute approximate surface area is 185 Å². The fourth-order valence-electron chi connectivity index (χ4n) is 3.94. The van der Waals surface area contributed by atoms with Gasteiger partial charge in [0, 0.05) is 26.6 Å². The standard InChI is InChI=1S/C22H29N5O5/c1-5-6-9-26-19(23)18(20(29)24-22(26)31)25(3)21(30)14-11-17(28)27(12-14)15-10-13(2)7-8-16(15)32-4/h7-8,10,14H,5-6,9,11-12,23H2,1-4H3,(H,24,29,31)/t14-/m1/s1. The number of methoxy groups -OCH3 is 1. The molecule has 0 unspecified atom stereocenters.